The largest absolute Gasteiger partial charge is 0.481 e. The van der Waals surface area contributed by atoms with Gasteiger partial charge in [-0.3, -0.25) is 14.4 Å². The van der Waals surface area contributed by atoms with Crippen LogP contribution in [0.1, 0.15) is 45.2 Å². The fraction of sp³-hybridized carbons (Fsp3) is 0.182. The van der Waals surface area contributed by atoms with Crippen molar-refractivity contribution >= 4 is 17.8 Å². The molecule has 0 aliphatic carbocycles. The molecule has 39 heavy (non-hydrogen) atoms. The van der Waals surface area contributed by atoms with Gasteiger partial charge in [-0.05, 0) is 41.3 Å². The van der Waals surface area contributed by atoms with Gasteiger partial charge in [0.1, 0.15) is 0 Å². The third-order valence-corrected chi connectivity index (χ3v) is 6.59. The van der Waals surface area contributed by atoms with Crippen LogP contribution < -0.4 is 0 Å². The molecule has 198 valence electrons. The summed E-state index contributed by atoms with van der Waals surface area (Å²) in [6, 6.07) is 33.9. The van der Waals surface area contributed by atoms with Crippen molar-refractivity contribution in [1.29, 1.82) is 0 Å². The van der Waals surface area contributed by atoms with Crippen LogP contribution in [0.2, 0.25) is 0 Å². The SMILES string of the molecule is CCN(Cc1ccccc1)C(=O)c1ccccc1-c1ccccc1C(=O)N(CCC(=O)O)Cc1ccccc1. The van der Waals surface area contributed by atoms with Crippen molar-refractivity contribution in [2.75, 3.05) is 13.1 Å². The maximum atomic E-state index is 13.9. The smallest absolute Gasteiger partial charge is 0.305 e. The lowest BCUT2D eigenvalue weighted by atomic mass is 9.93. The topological polar surface area (TPSA) is 77.9 Å². The molecule has 0 spiro atoms. The van der Waals surface area contributed by atoms with Gasteiger partial charge in [0.05, 0.1) is 6.42 Å². The lowest BCUT2D eigenvalue weighted by Gasteiger charge is -2.25. The lowest BCUT2D eigenvalue weighted by molar-refractivity contribution is -0.137. The van der Waals surface area contributed by atoms with Crippen LogP contribution in [-0.2, 0) is 17.9 Å². The van der Waals surface area contributed by atoms with Crippen molar-refractivity contribution < 1.29 is 19.5 Å². The first-order chi connectivity index (χ1) is 19.0. The number of rotatable bonds is 11. The molecule has 0 unspecified atom stereocenters. The predicted octanol–water partition coefficient (Wildman–Crippen LogP) is 6.13. The second kappa shape index (κ2) is 13.2. The Labute approximate surface area is 229 Å². The van der Waals surface area contributed by atoms with E-state index in [0.29, 0.717) is 35.3 Å². The van der Waals surface area contributed by atoms with Crippen molar-refractivity contribution in [2.45, 2.75) is 26.4 Å². The van der Waals surface area contributed by atoms with E-state index in [1.165, 1.54) is 0 Å². The van der Waals surface area contributed by atoms with Gasteiger partial charge in [-0.15, -0.1) is 0 Å². The Morgan fingerprint density at radius 2 is 1.00 bits per heavy atom. The summed E-state index contributed by atoms with van der Waals surface area (Å²) < 4.78 is 0. The van der Waals surface area contributed by atoms with Crippen LogP contribution in [0.5, 0.6) is 0 Å². The third-order valence-electron chi connectivity index (χ3n) is 6.59. The molecule has 0 aromatic heterocycles. The first kappa shape index (κ1) is 27.3. The van der Waals surface area contributed by atoms with Crippen LogP contribution in [0.4, 0.5) is 0 Å². The quantitative estimate of drug-likeness (QED) is 0.258. The summed E-state index contributed by atoms with van der Waals surface area (Å²) in [6.45, 7) is 3.31. The number of aliphatic carboxylic acids is 1. The fourth-order valence-electron chi connectivity index (χ4n) is 4.57. The van der Waals surface area contributed by atoms with Gasteiger partial charge in [-0.2, -0.15) is 0 Å². The van der Waals surface area contributed by atoms with Crippen molar-refractivity contribution in [3.05, 3.63) is 131 Å². The molecule has 4 aromatic rings. The fourth-order valence-corrected chi connectivity index (χ4v) is 4.57. The van der Waals surface area contributed by atoms with E-state index in [0.717, 1.165) is 11.1 Å². The van der Waals surface area contributed by atoms with Crippen LogP contribution in [0.15, 0.2) is 109 Å². The lowest BCUT2D eigenvalue weighted by Crippen LogP contribution is -2.33. The standard InChI is InChI=1S/C33H32N2O4/c1-2-34(23-25-13-5-3-6-14-25)32(38)29-19-11-9-17-27(29)28-18-10-12-20-30(28)33(39)35(22-21-31(36)37)24-26-15-7-4-8-16-26/h3-20H,2,21-24H2,1H3,(H,36,37). The maximum absolute atomic E-state index is 13.9. The van der Waals surface area contributed by atoms with E-state index < -0.39 is 5.97 Å². The Morgan fingerprint density at radius 3 is 1.46 bits per heavy atom. The van der Waals surface area contributed by atoms with Crippen molar-refractivity contribution in [3.8, 4) is 11.1 Å². The van der Waals surface area contributed by atoms with Gasteiger partial charge in [0, 0.05) is 37.3 Å². The zero-order valence-electron chi connectivity index (χ0n) is 22.0. The molecule has 0 aliphatic heterocycles. The minimum Gasteiger partial charge on any atom is -0.481 e. The monoisotopic (exact) mass is 520 g/mol. The normalized spacial score (nSPS) is 10.6. The highest BCUT2D eigenvalue weighted by Crippen LogP contribution is 2.30. The van der Waals surface area contributed by atoms with E-state index in [1.807, 2.05) is 97.9 Å². The summed E-state index contributed by atoms with van der Waals surface area (Å²) in [6.07, 6.45) is -0.166. The number of benzene rings is 4. The van der Waals surface area contributed by atoms with E-state index in [-0.39, 0.29) is 31.3 Å². The Morgan fingerprint density at radius 1 is 0.590 bits per heavy atom. The number of carboxylic acids is 1. The van der Waals surface area contributed by atoms with E-state index in [2.05, 4.69) is 0 Å². The Balaban J connectivity index is 1.69. The van der Waals surface area contributed by atoms with Gasteiger partial charge in [-0.1, -0.05) is 97.1 Å². The van der Waals surface area contributed by atoms with Crippen molar-refractivity contribution in [1.82, 2.24) is 9.80 Å². The number of carbonyl (C=O) groups excluding carboxylic acids is 2. The average molecular weight is 521 g/mol. The highest BCUT2D eigenvalue weighted by molar-refractivity contribution is 6.06. The number of amides is 2. The van der Waals surface area contributed by atoms with Crippen LogP contribution in [0.25, 0.3) is 11.1 Å². The second-order valence-corrected chi connectivity index (χ2v) is 9.25. The van der Waals surface area contributed by atoms with E-state index >= 15 is 0 Å². The molecule has 0 radical (unpaired) electrons. The molecule has 2 amide bonds. The molecular weight excluding hydrogens is 488 g/mol. The van der Waals surface area contributed by atoms with Gasteiger partial charge >= 0.3 is 5.97 Å². The molecule has 0 atom stereocenters. The van der Waals surface area contributed by atoms with Crippen molar-refractivity contribution in [3.63, 3.8) is 0 Å². The zero-order chi connectivity index (χ0) is 27.6. The van der Waals surface area contributed by atoms with E-state index in [1.54, 1.807) is 28.0 Å². The minimum atomic E-state index is -0.969. The predicted molar refractivity (Wildman–Crippen MR) is 152 cm³/mol. The molecule has 0 heterocycles. The molecular formula is C33H32N2O4. The third kappa shape index (κ3) is 6.99. The molecule has 6 nitrogen and oxygen atoms in total. The molecule has 1 N–H and O–H groups in total. The summed E-state index contributed by atoms with van der Waals surface area (Å²) >= 11 is 0. The second-order valence-electron chi connectivity index (χ2n) is 9.25. The summed E-state index contributed by atoms with van der Waals surface area (Å²) in [5.74, 6) is -1.37. The van der Waals surface area contributed by atoms with Crippen LogP contribution >= 0.6 is 0 Å². The molecule has 4 aromatic carbocycles. The summed E-state index contributed by atoms with van der Waals surface area (Å²) in [5.41, 5.74) is 4.17. The number of carboxylic acid groups (broad SMARTS) is 1. The summed E-state index contributed by atoms with van der Waals surface area (Å²) in [7, 11) is 0. The number of hydrogen-bond donors (Lipinski definition) is 1. The van der Waals surface area contributed by atoms with Gasteiger partial charge in [0.2, 0.25) is 0 Å². The van der Waals surface area contributed by atoms with Crippen LogP contribution in [0.3, 0.4) is 0 Å². The zero-order valence-corrected chi connectivity index (χ0v) is 22.0. The molecule has 6 heteroatoms. The molecule has 0 saturated heterocycles. The van der Waals surface area contributed by atoms with Gasteiger partial charge < -0.3 is 14.9 Å². The Bertz CT molecular complexity index is 1420. The molecule has 0 bridgehead atoms. The van der Waals surface area contributed by atoms with Gasteiger partial charge in [-0.25, -0.2) is 0 Å². The highest BCUT2D eigenvalue weighted by atomic mass is 16.4. The highest BCUT2D eigenvalue weighted by Gasteiger charge is 2.24. The summed E-state index contributed by atoms with van der Waals surface area (Å²) in [4.78, 5) is 42.4. The Hall–Kier alpha value is -4.71. The van der Waals surface area contributed by atoms with E-state index in [4.69, 9.17) is 0 Å². The van der Waals surface area contributed by atoms with Crippen LogP contribution in [0, 0.1) is 0 Å². The summed E-state index contributed by atoms with van der Waals surface area (Å²) in [5, 5.41) is 9.31. The van der Waals surface area contributed by atoms with Gasteiger partial charge in [0.15, 0.2) is 0 Å². The van der Waals surface area contributed by atoms with Crippen LogP contribution in [-0.4, -0.2) is 45.8 Å². The minimum absolute atomic E-state index is 0.0681. The van der Waals surface area contributed by atoms with Gasteiger partial charge in [0.25, 0.3) is 11.8 Å². The molecule has 0 fully saturated rings. The average Bonchev–Trinajstić information content (AvgIpc) is 2.98. The molecule has 0 saturated carbocycles. The maximum Gasteiger partial charge on any atom is 0.305 e. The number of nitrogens with zero attached hydrogens (tertiary/aromatic N) is 2. The first-order valence-electron chi connectivity index (χ1n) is 13.0. The molecule has 4 rings (SSSR count). The van der Waals surface area contributed by atoms with E-state index in [9.17, 15) is 19.5 Å². The number of carbonyl (C=O) groups is 3. The molecule has 0 aliphatic rings. The number of hydrogen-bond acceptors (Lipinski definition) is 3. The first-order valence-corrected chi connectivity index (χ1v) is 13.0. The Kier molecular flexibility index (Phi) is 9.25. The van der Waals surface area contributed by atoms with Crippen molar-refractivity contribution in [2.24, 2.45) is 0 Å².